The third-order valence-electron chi connectivity index (χ3n) is 17.8. The summed E-state index contributed by atoms with van der Waals surface area (Å²) in [5.41, 5.74) is 10.6. The summed E-state index contributed by atoms with van der Waals surface area (Å²) in [7, 11) is 0. The molecule has 3 N–H and O–H groups in total. The highest BCUT2D eigenvalue weighted by Gasteiger charge is 2.42. The minimum Gasteiger partial charge on any atom is -0.504 e. The molecule has 12 rings (SSSR count). The molecule has 43 heteroatoms. The Balaban J connectivity index is 0.000000223. The first-order chi connectivity index (χ1) is 59.1. The summed E-state index contributed by atoms with van der Waals surface area (Å²) < 4.78 is 85.8. The van der Waals surface area contributed by atoms with Crippen molar-refractivity contribution in [3.8, 4) is 0 Å². The summed E-state index contributed by atoms with van der Waals surface area (Å²) in [6.07, 6.45) is 25.3. The van der Waals surface area contributed by atoms with Crippen molar-refractivity contribution in [3.05, 3.63) is 202 Å². The fourth-order valence-corrected chi connectivity index (χ4v) is 12.7. The number of pyridine rings is 2. The third kappa shape index (κ3) is 27.2. The lowest BCUT2D eigenvalue weighted by atomic mass is 9.97. The van der Waals surface area contributed by atoms with Crippen LogP contribution in [0, 0.1) is 42.6 Å². The fourth-order valence-electron chi connectivity index (χ4n) is 12.7. The van der Waals surface area contributed by atoms with E-state index in [2.05, 4.69) is 157 Å². The van der Waals surface area contributed by atoms with Gasteiger partial charge in [-0.05, 0) is 179 Å². The number of aliphatic hydroxyl groups is 2. The van der Waals surface area contributed by atoms with Crippen LogP contribution in [0.5, 0.6) is 0 Å². The van der Waals surface area contributed by atoms with Gasteiger partial charge in [0, 0.05) is 72.8 Å². The molecule has 0 aliphatic heterocycles. The number of ether oxygens (including phenoxy) is 5. The quantitative estimate of drug-likeness (QED) is 0.00578. The van der Waals surface area contributed by atoms with E-state index in [1.165, 1.54) is 6.33 Å². The van der Waals surface area contributed by atoms with Gasteiger partial charge in [0.05, 0.1) is 55.2 Å². The topological polar surface area (TPSA) is 503 Å². The maximum absolute atomic E-state index is 14.2. The number of nitrogens with zero attached hydrogens (tertiary/aromatic N) is 21. The van der Waals surface area contributed by atoms with Gasteiger partial charge in [0.2, 0.25) is 22.5 Å². The van der Waals surface area contributed by atoms with Gasteiger partial charge in [0.15, 0.2) is 46.3 Å². The molecule has 10 aromatic rings. The van der Waals surface area contributed by atoms with E-state index < -0.39 is 156 Å². The Morgan fingerprint density at radius 3 is 1.37 bits per heavy atom. The van der Waals surface area contributed by atoms with Gasteiger partial charge in [-0.3, -0.25) is 23.9 Å². The molecule has 0 spiro atoms. The van der Waals surface area contributed by atoms with Gasteiger partial charge >= 0.3 is 41.3 Å². The number of fused-ring (bicyclic) bond motifs is 3. The van der Waals surface area contributed by atoms with Gasteiger partial charge in [0.1, 0.15) is 105 Å². The Morgan fingerprint density at radius 2 is 0.929 bits per heavy atom. The number of ketones is 2. The number of hydrogen-bond acceptors (Lipinski definition) is 32. The summed E-state index contributed by atoms with van der Waals surface area (Å²) in [5.74, 6) is -11.8. The molecule has 10 aromatic heterocycles. The molecule has 0 amide bonds. The lowest BCUT2D eigenvalue weighted by molar-refractivity contribution is -0.154. The number of aromatic nitrogens is 16. The first kappa shape index (κ1) is 101. The summed E-state index contributed by atoms with van der Waals surface area (Å²) in [5, 5.41) is 38.5. The lowest BCUT2D eigenvalue weighted by Crippen LogP contribution is -2.38. The molecule has 0 atom stereocenters. The normalized spacial score (nSPS) is 13.9. The zero-order valence-corrected chi connectivity index (χ0v) is 76.3. The van der Waals surface area contributed by atoms with Crippen molar-refractivity contribution in [2.45, 2.75) is 221 Å². The van der Waals surface area contributed by atoms with E-state index in [-0.39, 0.29) is 28.8 Å². The monoisotopic (exact) mass is 1970 g/mol. The van der Waals surface area contributed by atoms with Crippen molar-refractivity contribution in [2.75, 3.05) is 6.54 Å². The lowest BCUT2D eigenvalue weighted by Gasteiger charge is -2.32. The number of nitrogens with one attached hydrogen (secondary N) is 1. The molecule has 2 fully saturated rings. The van der Waals surface area contributed by atoms with E-state index in [1.807, 2.05) is 31.3 Å². The summed E-state index contributed by atoms with van der Waals surface area (Å²) in [6, 6.07) is 7.98. The number of Topliss-reactive ketones (excluding diaryl/α,β-unsaturated/α-hetero) is 2. The van der Waals surface area contributed by atoms with Crippen LogP contribution in [-0.2, 0) is 60.5 Å². The van der Waals surface area contributed by atoms with Crippen molar-refractivity contribution in [1.82, 2.24) is 78.7 Å². The summed E-state index contributed by atoms with van der Waals surface area (Å²) in [6.45, 7) is 29.7. The van der Waals surface area contributed by atoms with Crippen LogP contribution in [0.25, 0.3) is 50.1 Å². The second-order valence-corrected chi connectivity index (χ2v) is 33.3. The highest BCUT2D eigenvalue weighted by atomic mass is 128. The molecule has 2 saturated carbocycles. The molecule has 37 nitrogen and oxygen atoms in total. The average Bonchev–Trinajstić information content (AvgIpc) is 1.59. The number of esters is 5. The highest BCUT2D eigenvalue weighted by molar-refractivity contribution is 15.0. The van der Waals surface area contributed by atoms with Crippen molar-refractivity contribution in [2.24, 2.45) is 15.3 Å². The van der Waals surface area contributed by atoms with Crippen molar-refractivity contribution >= 4 is 129 Å². The number of carbonyl (C=O) groups excluding carboxylic acids is 7. The minimum absolute atomic E-state index is 0.158. The summed E-state index contributed by atoms with van der Waals surface area (Å²) in [4.78, 5) is 145. The standard InChI is InChI=1S/C25H29FN6O3.C25H28N6O3.C11H13FN4O3.C11H11FN4O3.C11H13FN2O3.I2/c1-16-13-32(22-17(16)8-7-11-28-22)25(9-5-6-10-25)14-30-31-20(23(34)35-24(2,3)4)21(33)19-18(26)12-27-15-29-19;1-16-13-30(22-17(16)8-7-11-27-22)25(9-5-6-10-25)14-31-18-12-26-15-28-19(18)21(32)20(29-31)23(33)34-24(2,3)4;2*1-11(2,3)19-10(18)8(16-13)9(17)7-6(12)4-14-5-15-7;1-11(2,3)17-9(16)4-8(15)10-7(12)5-13-6-14-10;1-2/h7-8,11-13,15,33H,5-6,9-10,14H2,1-4H3;7-8,11-13,15H,5-6,9-10,14H2,1-4H3;4-5,13,17H,1-3H3;4-5H,1-3H3;5-6H,4H2,1-3H3;. The van der Waals surface area contributed by atoms with E-state index in [9.17, 15) is 66.1 Å². The first-order valence-corrected chi connectivity index (χ1v) is 45.0. The number of hydrogen-bond donors (Lipinski definition) is 3. The largest absolute Gasteiger partial charge is 0.504 e. The average molecular weight is 1970 g/mol. The second kappa shape index (κ2) is 43.4. The van der Waals surface area contributed by atoms with Crippen molar-refractivity contribution in [1.29, 1.82) is 5.53 Å². The molecule has 10 heterocycles. The smallest absolute Gasteiger partial charge is 0.448 e. The van der Waals surface area contributed by atoms with Crippen LogP contribution in [0.2, 0.25) is 0 Å². The van der Waals surface area contributed by atoms with Crippen LogP contribution >= 0.6 is 37.2 Å². The van der Waals surface area contributed by atoms with E-state index in [0.717, 1.165) is 135 Å². The molecule has 2 aliphatic carbocycles. The molecule has 668 valence electrons. The van der Waals surface area contributed by atoms with Crippen molar-refractivity contribution in [3.63, 3.8) is 0 Å². The molecule has 2 aliphatic rings. The van der Waals surface area contributed by atoms with Gasteiger partial charge < -0.3 is 48.6 Å². The molecular weight excluding hydrogens is 1870 g/mol. The van der Waals surface area contributed by atoms with Gasteiger partial charge in [-0.2, -0.15) is 15.0 Å². The highest BCUT2D eigenvalue weighted by Crippen LogP contribution is 2.43. The van der Waals surface area contributed by atoms with Crippen LogP contribution in [0.4, 0.5) is 17.6 Å². The Morgan fingerprint density at radius 1 is 0.532 bits per heavy atom. The summed E-state index contributed by atoms with van der Waals surface area (Å²) >= 11 is 4.24. The maximum Gasteiger partial charge on any atom is 0.448 e. The predicted octanol–water partition coefficient (Wildman–Crippen LogP) is 15.4. The number of rotatable bonds is 19. The van der Waals surface area contributed by atoms with Gasteiger partial charge in [0.25, 0.3) is 0 Å². The minimum atomic E-state index is -1.18. The Hall–Kier alpha value is -12.6. The van der Waals surface area contributed by atoms with Crippen LogP contribution in [-0.4, -0.2) is 175 Å². The number of halogens is 6. The molecule has 0 radical (unpaired) electrons. The van der Waals surface area contributed by atoms with Crippen LogP contribution < -0.4 is 5.43 Å². The predicted molar refractivity (Wildman–Crippen MR) is 464 cm³/mol. The first-order valence-electron chi connectivity index (χ1n) is 38.7. The van der Waals surface area contributed by atoms with Crippen molar-refractivity contribution < 1.29 is 89.8 Å². The molecular formula is C83H94F4I2N22O15. The number of aliphatic hydroxyl groups excluding tert-OH is 2. The number of aryl methyl sites for hydroxylation is 2. The van der Waals surface area contributed by atoms with Gasteiger partial charge in [-0.15, -0.1) is 10.2 Å². The number of azo groups is 1. The van der Waals surface area contributed by atoms with Crippen LogP contribution in [0.1, 0.15) is 216 Å². The molecule has 0 aromatic carbocycles. The van der Waals surface area contributed by atoms with Crippen LogP contribution in [0.15, 0.2) is 143 Å². The zero-order chi connectivity index (χ0) is 93.6. The van der Waals surface area contributed by atoms with E-state index in [1.54, 1.807) is 121 Å². The molecule has 0 saturated heterocycles. The Bertz CT molecular complexity index is 5890. The maximum atomic E-state index is 14.2. The molecule has 0 bridgehead atoms. The Labute approximate surface area is 743 Å². The van der Waals surface area contributed by atoms with E-state index in [0.29, 0.717) is 12.1 Å². The van der Waals surface area contributed by atoms with E-state index in [4.69, 9.17) is 34.7 Å². The third-order valence-corrected chi connectivity index (χ3v) is 17.8. The fraction of sp³-hybridized carbons (Fsp3) is 0.422. The second-order valence-electron chi connectivity index (χ2n) is 33.3. The molecule has 126 heavy (non-hydrogen) atoms. The zero-order valence-electron chi connectivity index (χ0n) is 72.0. The molecule has 0 unspecified atom stereocenters. The number of carbonyl (C=O) groups is 7. The van der Waals surface area contributed by atoms with E-state index >= 15 is 0 Å². The SMILES string of the molecule is CC(C)(C)OC(=O)C(=[N+]=[N-])C(=O)c1ncncc1F.CC(C)(C)OC(=O)C(N=N)=C(O)c1ncncc1F.CC(C)(C)OC(=O)CC(=O)c1ncncc1F.Cc1cn(C2(CN=NC(C(=O)OC(C)(C)C)=C(O)c3ncncc3F)CCCC2)c2ncccc12.Cc1cn(C2(Cn3nc(C(=O)OC(C)(C)C)c(=O)c4ncncc43)CCCC2)c2ncccc12.II. The van der Waals surface area contributed by atoms with Crippen LogP contribution in [0.3, 0.4) is 0 Å². The Kier molecular flexibility index (Phi) is 34.6. The van der Waals surface area contributed by atoms with Gasteiger partial charge in [-0.25, -0.2) is 102 Å². The van der Waals surface area contributed by atoms with Gasteiger partial charge in [-0.1, -0.05) is 25.7 Å².